The monoisotopic (exact) mass is 446 g/mol. The number of hydrogen-bond acceptors (Lipinski definition) is 7. The fourth-order valence-electron chi connectivity index (χ4n) is 2.62. The topological polar surface area (TPSA) is 122 Å². The van der Waals surface area contributed by atoms with Crippen molar-refractivity contribution in [3.05, 3.63) is 41.6 Å². The van der Waals surface area contributed by atoms with Crippen LogP contribution in [0.3, 0.4) is 0 Å². The molecule has 0 atom stereocenters. The van der Waals surface area contributed by atoms with Crippen molar-refractivity contribution in [2.75, 3.05) is 22.7 Å². The van der Waals surface area contributed by atoms with Gasteiger partial charge in [-0.1, -0.05) is 6.07 Å². The maximum absolute atomic E-state index is 12.7. The Morgan fingerprint density at radius 1 is 1.37 bits per heavy atom. The van der Waals surface area contributed by atoms with Crippen LogP contribution < -0.4 is 21.4 Å². The predicted molar refractivity (Wildman–Crippen MR) is 104 cm³/mol. The lowest BCUT2D eigenvalue weighted by atomic mass is 10.1. The largest absolute Gasteiger partial charge is 0.416 e. The summed E-state index contributed by atoms with van der Waals surface area (Å²) < 4.78 is 38.2. The first-order chi connectivity index (χ1) is 13.5. The number of rotatable bonds is 4. The lowest BCUT2D eigenvalue weighted by Gasteiger charge is -2.17. The van der Waals surface area contributed by atoms with Crippen LogP contribution in [0.1, 0.15) is 29.8 Å². The van der Waals surface area contributed by atoms with E-state index in [4.69, 9.17) is 10.6 Å². The molecular weight excluding hydrogens is 429 g/mol. The summed E-state index contributed by atoms with van der Waals surface area (Å²) in [7, 11) is 0. The van der Waals surface area contributed by atoms with E-state index < -0.39 is 29.3 Å². The first-order valence-electron chi connectivity index (χ1n) is 8.33. The van der Waals surface area contributed by atoms with Crippen LogP contribution >= 0.6 is 12.4 Å². The summed E-state index contributed by atoms with van der Waals surface area (Å²) in [5.41, 5.74) is 6.21. The zero-order valence-corrected chi connectivity index (χ0v) is 16.6. The van der Waals surface area contributed by atoms with Crippen molar-refractivity contribution in [2.45, 2.75) is 25.6 Å². The number of carbonyl (C=O) groups is 2. The van der Waals surface area contributed by atoms with Crippen LogP contribution in [0, 0.1) is 0 Å². The van der Waals surface area contributed by atoms with Crippen molar-refractivity contribution in [1.29, 1.82) is 0 Å². The predicted octanol–water partition coefficient (Wildman–Crippen LogP) is 2.99. The minimum Gasteiger partial charge on any atom is -0.383 e. The van der Waals surface area contributed by atoms with Crippen molar-refractivity contribution in [1.82, 2.24) is 15.3 Å². The summed E-state index contributed by atoms with van der Waals surface area (Å²) in [6, 6.07) is 3.71. The highest BCUT2D eigenvalue weighted by molar-refractivity contribution is 5.96. The molecule has 1 fully saturated rings. The average molecular weight is 447 g/mol. The molecule has 30 heavy (non-hydrogen) atoms. The van der Waals surface area contributed by atoms with Crippen LogP contribution in [0.15, 0.2) is 30.5 Å². The van der Waals surface area contributed by atoms with Crippen LogP contribution in [0.4, 0.5) is 35.4 Å². The van der Waals surface area contributed by atoms with Gasteiger partial charge in [-0.2, -0.15) is 18.2 Å². The van der Waals surface area contributed by atoms with E-state index in [1.165, 1.54) is 11.0 Å². The molecule has 1 saturated heterocycles. The van der Waals surface area contributed by atoms with Gasteiger partial charge in [-0.25, -0.2) is 20.1 Å². The maximum atomic E-state index is 12.7. The lowest BCUT2D eigenvalue weighted by molar-refractivity contribution is -0.137. The Balaban J connectivity index is 0.00000320. The first-order valence-corrected chi connectivity index (χ1v) is 8.33. The van der Waals surface area contributed by atoms with Crippen LogP contribution in [-0.4, -0.2) is 34.1 Å². The summed E-state index contributed by atoms with van der Waals surface area (Å²) in [4.78, 5) is 38.1. The van der Waals surface area contributed by atoms with E-state index in [2.05, 4.69) is 20.8 Å². The fourth-order valence-corrected chi connectivity index (χ4v) is 2.62. The molecule has 0 radical (unpaired) electrons. The van der Waals surface area contributed by atoms with Gasteiger partial charge in [0.2, 0.25) is 5.95 Å². The van der Waals surface area contributed by atoms with Crippen molar-refractivity contribution in [2.24, 2.45) is 0 Å². The molecule has 1 aliphatic rings. The number of urea groups is 1. The van der Waals surface area contributed by atoms with Gasteiger partial charge in [0.05, 0.1) is 23.3 Å². The highest BCUT2D eigenvalue weighted by Crippen LogP contribution is 2.30. The number of nitrogens with zero attached hydrogens (tertiary/aromatic N) is 3. The molecule has 0 bridgehead atoms. The van der Waals surface area contributed by atoms with Crippen molar-refractivity contribution < 1.29 is 27.6 Å². The minimum absolute atomic E-state index is 0. The number of nitrogens with one attached hydrogen (secondary N) is 2. The third-order valence-corrected chi connectivity index (χ3v) is 3.96. The Bertz CT molecular complexity index is 970. The first kappa shape index (κ1) is 23.0. The normalized spacial score (nSPS) is 15.2. The van der Waals surface area contributed by atoms with Gasteiger partial charge in [0.15, 0.2) is 0 Å². The number of nitrogen functional groups attached to an aromatic ring is 1. The molecule has 0 aliphatic carbocycles. The second kappa shape index (κ2) is 8.22. The van der Waals surface area contributed by atoms with Gasteiger partial charge in [-0.15, -0.1) is 12.4 Å². The third-order valence-electron chi connectivity index (χ3n) is 3.96. The van der Waals surface area contributed by atoms with E-state index in [9.17, 15) is 22.8 Å². The number of hydrogen-bond donors (Lipinski definition) is 3. The molecule has 0 spiro atoms. The number of amides is 2. The van der Waals surface area contributed by atoms with E-state index in [0.29, 0.717) is 6.54 Å². The highest BCUT2D eigenvalue weighted by atomic mass is 35.5. The zero-order valence-electron chi connectivity index (χ0n) is 15.8. The summed E-state index contributed by atoms with van der Waals surface area (Å²) in [6.45, 7) is 3.94. The van der Waals surface area contributed by atoms with Gasteiger partial charge in [0, 0.05) is 6.20 Å². The number of anilines is 3. The van der Waals surface area contributed by atoms with E-state index in [-0.39, 0.29) is 35.4 Å². The Labute approximate surface area is 175 Å². The van der Waals surface area contributed by atoms with Gasteiger partial charge in [-0.05, 0) is 32.0 Å². The number of benzene rings is 1. The maximum Gasteiger partial charge on any atom is 0.416 e. The van der Waals surface area contributed by atoms with E-state index >= 15 is 0 Å². The number of halogens is 4. The molecule has 0 unspecified atom stereocenters. The van der Waals surface area contributed by atoms with Gasteiger partial charge >= 0.3 is 18.2 Å². The molecule has 1 aromatic carbocycles. The van der Waals surface area contributed by atoms with Crippen LogP contribution in [0.25, 0.3) is 0 Å². The SMILES string of the molecule is CC1(C)CN(c2ncc(C(=O)ONc3cccc(C(F)(F)F)c3)c(N)n2)C(=O)N1.Cl. The molecule has 2 aromatic rings. The molecule has 162 valence electrons. The van der Waals surface area contributed by atoms with Gasteiger partial charge in [0.25, 0.3) is 0 Å². The molecule has 2 amide bonds. The smallest absolute Gasteiger partial charge is 0.383 e. The second-order valence-electron chi connectivity index (χ2n) is 6.94. The average Bonchev–Trinajstić information content (AvgIpc) is 2.91. The minimum atomic E-state index is -4.54. The van der Waals surface area contributed by atoms with Gasteiger partial charge in [-0.3, -0.25) is 4.90 Å². The quantitative estimate of drug-likeness (QED) is 0.617. The van der Waals surface area contributed by atoms with Crippen LogP contribution in [0.5, 0.6) is 0 Å². The number of nitrogens with two attached hydrogens (primary N) is 1. The molecule has 13 heteroatoms. The number of carbonyl (C=O) groups excluding carboxylic acids is 2. The van der Waals surface area contributed by atoms with Crippen LogP contribution in [-0.2, 0) is 11.0 Å². The summed E-state index contributed by atoms with van der Waals surface area (Å²) in [6.07, 6.45) is -3.46. The Morgan fingerprint density at radius 3 is 2.63 bits per heavy atom. The zero-order chi connectivity index (χ0) is 21.4. The Hall–Kier alpha value is -3.28. The summed E-state index contributed by atoms with van der Waals surface area (Å²) in [5, 5.41) is 2.74. The van der Waals surface area contributed by atoms with Crippen molar-refractivity contribution in [3.8, 4) is 0 Å². The lowest BCUT2D eigenvalue weighted by Crippen LogP contribution is -2.36. The standard InChI is InChI=1S/C17H17F3N6O3.ClH/c1-16(2)8-26(15(28)24-16)14-22-7-11(12(21)23-14)13(27)29-25-10-5-3-4-9(6-10)17(18,19)20;/h3-7,25H,8H2,1-2H3,(H,24,28)(H2,21,22,23);1H. The van der Waals surface area contributed by atoms with Gasteiger partial charge < -0.3 is 15.9 Å². The van der Waals surface area contributed by atoms with E-state index in [1.54, 1.807) is 0 Å². The molecule has 1 aliphatic heterocycles. The van der Waals surface area contributed by atoms with Gasteiger partial charge in [0.1, 0.15) is 11.4 Å². The molecule has 1 aromatic heterocycles. The molecule has 2 heterocycles. The molecule has 0 saturated carbocycles. The van der Waals surface area contributed by atoms with Crippen LogP contribution in [0.2, 0.25) is 0 Å². The molecular formula is C17H18ClF3N6O3. The molecule has 9 nitrogen and oxygen atoms in total. The molecule has 3 rings (SSSR count). The summed E-state index contributed by atoms with van der Waals surface area (Å²) in [5.74, 6) is -1.24. The number of aromatic nitrogens is 2. The Kier molecular flexibility index (Phi) is 6.30. The van der Waals surface area contributed by atoms with Crippen molar-refractivity contribution in [3.63, 3.8) is 0 Å². The molecule has 4 N–H and O–H groups in total. The second-order valence-corrected chi connectivity index (χ2v) is 6.94. The number of alkyl halides is 3. The Morgan fingerprint density at radius 2 is 2.07 bits per heavy atom. The van der Waals surface area contributed by atoms with E-state index in [1.807, 2.05) is 13.8 Å². The van der Waals surface area contributed by atoms with Crippen molar-refractivity contribution >= 4 is 41.9 Å². The highest BCUT2D eigenvalue weighted by Gasteiger charge is 2.37. The van der Waals surface area contributed by atoms with E-state index in [0.717, 1.165) is 24.4 Å². The fraction of sp³-hybridized carbons (Fsp3) is 0.294. The summed E-state index contributed by atoms with van der Waals surface area (Å²) >= 11 is 0. The third kappa shape index (κ3) is 5.00.